The zero-order valence-electron chi connectivity index (χ0n) is 46.8. The van der Waals surface area contributed by atoms with E-state index in [-0.39, 0.29) is 27.7 Å². The van der Waals surface area contributed by atoms with Crippen molar-refractivity contribution in [2.75, 3.05) is 0 Å². The summed E-state index contributed by atoms with van der Waals surface area (Å²) >= 11 is 0. The van der Waals surface area contributed by atoms with Gasteiger partial charge in [0, 0.05) is 40.3 Å². The maximum Gasteiger partial charge on any atom is 0.482 e. The van der Waals surface area contributed by atoms with E-state index in [2.05, 4.69) is 45.8 Å². The standard InChI is InChI=1S/C44H92O12Si10.C6H12/c1-57(2)45-62(40-28-16-9-17-29-40)48-60(7)49-63(46-58(3)4,41-30-18-10-19-31-41)54-66(44-36-24-13-25-37-44)55-64(47-59(5)6,42-32-20-11-21-33-42)52-61(51-62,38-39-26-14-8-15-27-39)53-65(50-60,56-66)43-34-22-12-23-35-43;1-2-4-6-5-3-1/h39-44,57-59H,8-38H2,1-7H3;1-6H2. The molecule has 0 spiro atoms. The number of hydrogen-bond donors (Lipinski definition) is 0. The summed E-state index contributed by atoms with van der Waals surface area (Å²) in [6.45, 7) is 16.0. The van der Waals surface area contributed by atoms with Crippen molar-refractivity contribution in [3.8, 4) is 0 Å². The lowest BCUT2D eigenvalue weighted by Gasteiger charge is -2.62. The van der Waals surface area contributed by atoms with E-state index in [1.807, 2.05) is 0 Å². The van der Waals surface area contributed by atoms with E-state index in [0.717, 1.165) is 141 Å². The van der Waals surface area contributed by atoms with Crippen LogP contribution in [0.15, 0.2) is 0 Å². The fraction of sp³-hybridized carbons (Fsp3) is 1.00. The Labute approximate surface area is 451 Å². The number of fused-ring (bicyclic) bond motifs is 3. The minimum absolute atomic E-state index is 0.0380. The molecule has 0 aromatic heterocycles. The Morgan fingerprint density at radius 3 is 0.931 bits per heavy atom. The van der Waals surface area contributed by atoms with Gasteiger partial charge < -0.3 is 49.4 Å². The van der Waals surface area contributed by atoms with Gasteiger partial charge >= 0.3 is 61.6 Å². The molecule has 7 aliphatic carbocycles. The van der Waals surface area contributed by atoms with Crippen LogP contribution in [0.4, 0.5) is 0 Å². The van der Waals surface area contributed by atoms with Crippen LogP contribution >= 0.6 is 0 Å². The van der Waals surface area contributed by atoms with Crippen LogP contribution in [0.5, 0.6) is 0 Å². The lowest BCUT2D eigenvalue weighted by atomic mass is 9.91. The molecule has 7 atom stereocenters. The topological polar surface area (TPSA) is 111 Å². The molecular weight excluding hydrogens is 1070 g/mol. The summed E-state index contributed by atoms with van der Waals surface area (Å²) in [4.78, 5) is 0. The van der Waals surface area contributed by atoms with Crippen LogP contribution in [-0.2, 0) is 49.4 Å². The van der Waals surface area contributed by atoms with E-state index in [4.69, 9.17) is 49.4 Å². The highest BCUT2D eigenvalue weighted by molar-refractivity contribution is 7.00. The van der Waals surface area contributed by atoms with Crippen molar-refractivity contribution in [1.82, 2.24) is 0 Å². The highest BCUT2D eigenvalue weighted by Crippen LogP contribution is 2.60. The molecule has 0 aromatic rings. The fourth-order valence-electron chi connectivity index (χ4n) is 15.0. The van der Waals surface area contributed by atoms with Gasteiger partial charge in [-0.05, 0) is 109 Å². The highest BCUT2D eigenvalue weighted by Gasteiger charge is 2.81. The first kappa shape index (κ1) is 58.3. The third-order valence-electron chi connectivity index (χ3n) is 18.2. The Hall–Kier alpha value is 1.69. The van der Waals surface area contributed by atoms with Crippen molar-refractivity contribution in [2.24, 2.45) is 5.92 Å². The van der Waals surface area contributed by atoms with Crippen LogP contribution in [0.25, 0.3) is 0 Å². The predicted molar refractivity (Wildman–Crippen MR) is 309 cm³/mol. The second-order valence-electron chi connectivity index (χ2n) is 25.5. The van der Waals surface area contributed by atoms with Gasteiger partial charge in [-0.1, -0.05) is 167 Å². The molecule has 72 heavy (non-hydrogen) atoms. The molecule has 7 unspecified atom stereocenters. The average molecular weight is 1180 g/mol. The molecule has 22 heteroatoms. The molecule has 416 valence electrons. The first-order valence-electron chi connectivity index (χ1n) is 31.1. The largest absolute Gasteiger partial charge is 0.482 e. The Kier molecular flexibility index (Phi) is 21.1. The summed E-state index contributed by atoms with van der Waals surface area (Å²) in [6, 6.07) is 0.712. The predicted octanol–water partition coefficient (Wildman–Crippen LogP) is 15.0. The molecule has 4 bridgehead atoms. The molecule has 3 heterocycles. The first-order chi connectivity index (χ1) is 34.7. The normalized spacial score (nSPS) is 40.2. The lowest BCUT2D eigenvalue weighted by molar-refractivity contribution is -0.00490. The summed E-state index contributed by atoms with van der Waals surface area (Å²) in [5.41, 5.74) is 0.379. The van der Waals surface area contributed by atoms with Crippen LogP contribution in [0.3, 0.4) is 0 Å². The van der Waals surface area contributed by atoms with Gasteiger partial charge in [-0.3, -0.25) is 0 Å². The second-order valence-corrected chi connectivity index (χ2v) is 55.6. The molecule has 10 rings (SSSR count). The maximum atomic E-state index is 8.64. The van der Waals surface area contributed by atoms with E-state index in [1.54, 1.807) is 0 Å². The monoisotopic (exact) mass is 1180 g/mol. The minimum Gasteiger partial charge on any atom is -0.419 e. The van der Waals surface area contributed by atoms with Gasteiger partial charge in [-0.15, -0.1) is 0 Å². The summed E-state index contributed by atoms with van der Waals surface area (Å²) in [5, 5.41) is 0. The van der Waals surface area contributed by atoms with Gasteiger partial charge in [-0.2, -0.15) is 0 Å². The molecular formula is C50H104O12Si10. The third-order valence-corrected chi connectivity index (χ3v) is 58.6. The molecule has 0 aromatic carbocycles. The lowest BCUT2D eigenvalue weighted by Crippen LogP contribution is -2.85. The van der Waals surface area contributed by atoms with Crippen molar-refractivity contribution in [3.05, 3.63) is 0 Å². The smallest absolute Gasteiger partial charge is 0.419 e. The van der Waals surface area contributed by atoms with Crippen molar-refractivity contribution in [2.45, 2.75) is 311 Å². The Morgan fingerprint density at radius 1 is 0.306 bits per heavy atom. The van der Waals surface area contributed by atoms with Gasteiger partial charge in [0.1, 0.15) is 0 Å². The number of hydrogen-bond acceptors (Lipinski definition) is 12. The molecule has 10 aliphatic rings. The summed E-state index contributed by atoms with van der Waals surface area (Å²) in [5.74, 6) is 0.395. The summed E-state index contributed by atoms with van der Waals surface area (Å²) in [7, 11) is -32.7. The third kappa shape index (κ3) is 14.0. The molecule has 3 aliphatic heterocycles. The molecule has 0 radical (unpaired) electrons. The Bertz CT molecular complexity index is 1640. The van der Waals surface area contributed by atoms with E-state index in [1.165, 1.54) is 89.9 Å². The molecule has 10 fully saturated rings. The van der Waals surface area contributed by atoms with Crippen molar-refractivity contribution in [1.29, 1.82) is 0 Å². The van der Waals surface area contributed by atoms with E-state index < -0.39 is 88.8 Å². The zero-order valence-corrected chi connectivity index (χ0v) is 57.2. The molecule has 0 N–H and O–H groups in total. The zero-order chi connectivity index (χ0) is 50.3. The maximum absolute atomic E-state index is 8.64. The number of rotatable bonds is 13. The molecule has 0 amide bonds. The van der Waals surface area contributed by atoms with E-state index in [0.29, 0.717) is 12.0 Å². The van der Waals surface area contributed by atoms with Crippen LogP contribution in [0, 0.1) is 5.92 Å². The van der Waals surface area contributed by atoms with Gasteiger partial charge in [-0.25, -0.2) is 0 Å². The summed E-state index contributed by atoms with van der Waals surface area (Å²) < 4.78 is 99.6. The van der Waals surface area contributed by atoms with Gasteiger partial charge in [0.05, 0.1) is 0 Å². The van der Waals surface area contributed by atoms with E-state index >= 15 is 0 Å². The molecule has 3 saturated heterocycles. The van der Waals surface area contributed by atoms with Crippen LogP contribution < -0.4 is 0 Å². The quantitative estimate of drug-likeness (QED) is 0.164. The molecule has 7 saturated carbocycles. The van der Waals surface area contributed by atoms with Gasteiger partial charge in [0.15, 0.2) is 27.1 Å². The summed E-state index contributed by atoms with van der Waals surface area (Å²) in [6.07, 6.45) is 42.3. The van der Waals surface area contributed by atoms with Crippen LogP contribution in [-0.4, -0.2) is 88.8 Å². The molecule has 12 nitrogen and oxygen atoms in total. The second kappa shape index (κ2) is 26.1. The SMILES string of the molecule is C1CCCCC1.C[SiH](C)O[Si]1(C2CCCCC2)O[Si]2(C)O[Si](O[SiH](C)C)(C3CCCCC3)O[Si]3(C4CCCCC4)O[Si](O[SiH](C)C)(C4CCCCC4)O[Si](CC4CCCCC4)(O1)O[Si](C1CCCCC1)(O2)O3. The van der Waals surface area contributed by atoms with E-state index in [9.17, 15) is 0 Å². The Morgan fingerprint density at radius 2 is 0.583 bits per heavy atom. The Balaban J connectivity index is 0.000000994. The van der Waals surface area contributed by atoms with Gasteiger partial charge in [0.2, 0.25) is 0 Å². The van der Waals surface area contributed by atoms with Crippen LogP contribution in [0.1, 0.15) is 231 Å². The minimum atomic E-state index is -3.99. The van der Waals surface area contributed by atoms with Crippen molar-refractivity contribution < 1.29 is 49.4 Å². The van der Waals surface area contributed by atoms with Crippen molar-refractivity contribution in [3.63, 3.8) is 0 Å². The highest BCUT2D eigenvalue weighted by atomic mass is 28.6. The first-order valence-corrected chi connectivity index (χ1v) is 52.6. The van der Waals surface area contributed by atoms with Crippen LogP contribution in [0.2, 0.25) is 79.6 Å². The van der Waals surface area contributed by atoms with Crippen molar-refractivity contribution >= 4 is 88.8 Å². The van der Waals surface area contributed by atoms with Gasteiger partial charge in [0.25, 0.3) is 0 Å². The average Bonchev–Trinajstić information content (AvgIpc) is 3.36. The fourth-order valence-corrected chi connectivity index (χ4v) is 68.9.